The Bertz CT molecular complexity index is 351. The smallest absolute Gasteiger partial charge is 0.136 e. The first-order valence-corrected chi connectivity index (χ1v) is 6.43. The molecule has 0 aliphatic carbocycles. The van der Waals surface area contributed by atoms with Crippen molar-refractivity contribution in [2.24, 2.45) is 5.73 Å². The molecule has 1 rings (SSSR count). The second kappa shape index (κ2) is 7.90. The van der Waals surface area contributed by atoms with E-state index in [0.717, 1.165) is 15.5 Å². The summed E-state index contributed by atoms with van der Waals surface area (Å²) < 4.78 is 0.431. The molecule has 5 heteroatoms. The summed E-state index contributed by atoms with van der Waals surface area (Å²) in [4.78, 5) is 2.48. The van der Waals surface area contributed by atoms with Crippen LogP contribution < -0.4 is 10.6 Å². The minimum absolute atomic E-state index is 0.431. The van der Waals surface area contributed by atoms with E-state index in [4.69, 9.17) is 29.6 Å². The summed E-state index contributed by atoms with van der Waals surface area (Å²) in [5.41, 5.74) is 6.49. The van der Waals surface area contributed by atoms with Crippen molar-refractivity contribution in [1.82, 2.24) is 0 Å². The van der Waals surface area contributed by atoms with Crippen LogP contribution in [0.5, 0.6) is 0 Å². The molecule has 0 amide bonds. The van der Waals surface area contributed by atoms with Gasteiger partial charge in [-0.1, -0.05) is 35.6 Å². The summed E-state index contributed by atoms with van der Waals surface area (Å²) in [5.74, 6) is 0. The normalized spacial score (nSPS) is 9.62. The number of quaternary nitrogens is 1. The predicted octanol–water partition coefficient (Wildman–Crippen LogP) is 1.74. The molecule has 90 valence electrons. The lowest BCUT2D eigenvalue weighted by atomic mass is 10.2. The monoisotopic (exact) mass is 277 g/mol. The van der Waals surface area contributed by atoms with Crippen LogP contribution in [0.15, 0.2) is 23.1 Å². The Kier molecular flexibility index (Phi) is 7.76. The molecule has 0 heterocycles. The van der Waals surface area contributed by atoms with E-state index in [2.05, 4.69) is 21.1 Å². The third-order valence-corrected chi connectivity index (χ3v) is 2.71. The summed E-state index contributed by atoms with van der Waals surface area (Å²) in [5, 5.41) is 0.736. The van der Waals surface area contributed by atoms with E-state index in [1.54, 1.807) is 0 Å². The van der Waals surface area contributed by atoms with Gasteiger partial charge in [-0.2, -0.15) is 0 Å². The van der Waals surface area contributed by atoms with Crippen LogP contribution in [0.4, 0.5) is 0 Å². The standard InChI is InChI=1S/C8H8ClNS2.C3H9N/c1-5-4-6(9)2-3-7(5)12-8(10)11;1-4(2)3/h2-4H,1H3,(H2,10,11);1-3H3/p+1. The maximum Gasteiger partial charge on any atom is 0.136 e. The maximum atomic E-state index is 5.78. The number of nitrogens with one attached hydrogen (secondary N) is 1. The van der Waals surface area contributed by atoms with Gasteiger partial charge in [-0.3, -0.25) is 0 Å². The quantitative estimate of drug-likeness (QED) is 0.606. The minimum Gasteiger partial charge on any atom is -0.384 e. The highest BCUT2D eigenvalue weighted by Crippen LogP contribution is 2.24. The summed E-state index contributed by atoms with van der Waals surface area (Å²) in [6.45, 7) is 1.98. The zero-order chi connectivity index (χ0) is 12.7. The second-order valence-electron chi connectivity index (χ2n) is 3.83. The van der Waals surface area contributed by atoms with Gasteiger partial charge >= 0.3 is 0 Å². The van der Waals surface area contributed by atoms with E-state index in [1.807, 2.05) is 25.1 Å². The Morgan fingerprint density at radius 3 is 2.25 bits per heavy atom. The van der Waals surface area contributed by atoms with E-state index < -0.39 is 0 Å². The molecule has 1 aromatic rings. The molecule has 0 radical (unpaired) electrons. The average molecular weight is 278 g/mol. The van der Waals surface area contributed by atoms with Crippen molar-refractivity contribution >= 4 is 39.9 Å². The molecule has 0 unspecified atom stereocenters. The molecule has 2 nitrogen and oxygen atoms in total. The molecule has 16 heavy (non-hydrogen) atoms. The molecular weight excluding hydrogens is 260 g/mol. The van der Waals surface area contributed by atoms with Crippen molar-refractivity contribution in [3.05, 3.63) is 28.8 Å². The fraction of sp³-hybridized carbons (Fsp3) is 0.364. The highest BCUT2D eigenvalue weighted by atomic mass is 35.5. The highest BCUT2D eigenvalue weighted by molar-refractivity contribution is 8.23. The van der Waals surface area contributed by atoms with E-state index in [-0.39, 0.29) is 0 Å². The third-order valence-electron chi connectivity index (χ3n) is 1.35. The number of halogens is 1. The van der Waals surface area contributed by atoms with E-state index >= 15 is 0 Å². The number of benzene rings is 1. The molecule has 1 aromatic carbocycles. The topological polar surface area (TPSA) is 30.5 Å². The number of nitrogens with two attached hydrogens (primary N) is 1. The first kappa shape index (κ1) is 15.7. The number of hydrogen-bond donors (Lipinski definition) is 2. The second-order valence-corrected chi connectivity index (χ2v) is 6.05. The molecule has 0 aromatic heterocycles. The van der Waals surface area contributed by atoms with Gasteiger partial charge in [0.2, 0.25) is 0 Å². The molecule has 0 atom stereocenters. The van der Waals surface area contributed by atoms with Crippen LogP contribution in [0.2, 0.25) is 5.02 Å². The Morgan fingerprint density at radius 2 is 1.88 bits per heavy atom. The van der Waals surface area contributed by atoms with Crippen LogP contribution in [0.3, 0.4) is 0 Å². The van der Waals surface area contributed by atoms with E-state index in [9.17, 15) is 0 Å². The van der Waals surface area contributed by atoms with Crippen molar-refractivity contribution in [1.29, 1.82) is 0 Å². The lowest BCUT2D eigenvalue weighted by molar-refractivity contribution is -0.836. The van der Waals surface area contributed by atoms with Gasteiger partial charge in [0.25, 0.3) is 0 Å². The van der Waals surface area contributed by atoms with Crippen LogP contribution in [-0.2, 0) is 0 Å². The molecule has 0 bridgehead atoms. The maximum absolute atomic E-state index is 5.78. The van der Waals surface area contributed by atoms with Gasteiger partial charge in [0.1, 0.15) is 4.32 Å². The van der Waals surface area contributed by atoms with Crippen LogP contribution >= 0.6 is 35.6 Å². The molecule has 0 aliphatic heterocycles. The fourth-order valence-electron chi connectivity index (χ4n) is 0.836. The SMILES string of the molecule is C[NH+](C)C.Cc1cc(Cl)ccc1SC(N)=S. The van der Waals surface area contributed by atoms with Gasteiger partial charge in [-0.05, 0) is 30.7 Å². The Hall–Kier alpha value is -0.290. The fourth-order valence-corrected chi connectivity index (χ4v) is 1.90. The Labute approximate surface area is 112 Å². The van der Waals surface area contributed by atoms with Crippen molar-refractivity contribution in [2.45, 2.75) is 11.8 Å². The van der Waals surface area contributed by atoms with E-state index in [0.29, 0.717) is 4.32 Å². The summed E-state index contributed by atoms with van der Waals surface area (Å²) >= 11 is 11.9. The van der Waals surface area contributed by atoms with Crippen LogP contribution in [0.25, 0.3) is 0 Å². The number of aryl methyl sites for hydroxylation is 1. The van der Waals surface area contributed by atoms with Crippen molar-refractivity contribution in [2.75, 3.05) is 21.1 Å². The molecule has 3 N–H and O–H groups in total. The van der Waals surface area contributed by atoms with Gasteiger partial charge in [-0.25, -0.2) is 0 Å². The highest BCUT2D eigenvalue weighted by Gasteiger charge is 2.00. The lowest BCUT2D eigenvalue weighted by Crippen LogP contribution is -3.02. The third kappa shape index (κ3) is 7.93. The summed E-state index contributed by atoms with van der Waals surface area (Å²) in [6, 6.07) is 5.64. The first-order chi connectivity index (χ1) is 7.32. The number of rotatable bonds is 1. The van der Waals surface area contributed by atoms with Gasteiger partial charge in [0.05, 0.1) is 21.1 Å². The summed E-state index contributed by atoms with van der Waals surface area (Å²) in [6.07, 6.45) is 0. The van der Waals surface area contributed by atoms with Crippen molar-refractivity contribution in [3.8, 4) is 0 Å². The van der Waals surface area contributed by atoms with Crippen LogP contribution in [-0.4, -0.2) is 25.5 Å². The number of hydrogen-bond acceptors (Lipinski definition) is 2. The van der Waals surface area contributed by atoms with Gasteiger partial charge in [0.15, 0.2) is 0 Å². The van der Waals surface area contributed by atoms with Crippen molar-refractivity contribution in [3.63, 3.8) is 0 Å². The van der Waals surface area contributed by atoms with Gasteiger partial charge < -0.3 is 10.6 Å². The van der Waals surface area contributed by atoms with Gasteiger partial charge in [-0.15, -0.1) is 0 Å². The lowest BCUT2D eigenvalue weighted by Gasteiger charge is -2.03. The predicted molar refractivity (Wildman–Crippen MR) is 77.6 cm³/mol. The van der Waals surface area contributed by atoms with Crippen LogP contribution in [0.1, 0.15) is 5.56 Å². The zero-order valence-corrected chi connectivity index (χ0v) is 12.4. The Morgan fingerprint density at radius 1 is 1.38 bits per heavy atom. The van der Waals surface area contributed by atoms with Crippen molar-refractivity contribution < 1.29 is 4.90 Å². The minimum atomic E-state index is 0.431. The number of thiocarbonyl (C=S) groups is 1. The molecular formula is C11H18ClN2S2+. The molecule has 0 saturated heterocycles. The van der Waals surface area contributed by atoms with Crippen LogP contribution in [0, 0.1) is 6.92 Å². The number of thioether (sulfide) groups is 1. The first-order valence-electron chi connectivity index (χ1n) is 4.83. The summed E-state index contributed by atoms with van der Waals surface area (Å²) in [7, 11) is 6.25. The van der Waals surface area contributed by atoms with Gasteiger partial charge in [0, 0.05) is 9.92 Å². The average Bonchev–Trinajstić information content (AvgIpc) is 2.08. The zero-order valence-electron chi connectivity index (χ0n) is 10.0. The molecule has 0 spiro atoms. The Balaban J connectivity index is 0.000000487. The largest absolute Gasteiger partial charge is 0.384 e. The molecule has 0 aliphatic rings. The molecule has 0 saturated carbocycles. The molecule has 0 fully saturated rings. The van der Waals surface area contributed by atoms with E-state index in [1.165, 1.54) is 16.7 Å².